The van der Waals surface area contributed by atoms with E-state index >= 15 is 0 Å². The minimum absolute atomic E-state index is 0.0963. The molecule has 4 heterocycles. The summed E-state index contributed by atoms with van der Waals surface area (Å²) < 4.78 is 7.32. The first-order chi connectivity index (χ1) is 20.5. The molecule has 7 rings (SSSR count). The molecule has 0 bridgehead atoms. The normalized spacial score (nSPS) is 20.0. The number of thioether (sulfide) groups is 1. The van der Waals surface area contributed by atoms with Gasteiger partial charge >= 0.3 is 5.97 Å². The molecule has 9 nitrogen and oxygen atoms in total. The van der Waals surface area contributed by atoms with E-state index in [1.54, 1.807) is 30.0 Å². The van der Waals surface area contributed by atoms with Crippen molar-refractivity contribution in [2.24, 2.45) is 15.3 Å². The van der Waals surface area contributed by atoms with Crippen molar-refractivity contribution in [1.82, 2.24) is 9.91 Å². The molecule has 0 saturated carbocycles. The summed E-state index contributed by atoms with van der Waals surface area (Å²) in [6, 6.07) is 22.9. The van der Waals surface area contributed by atoms with Gasteiger partial charge in [0.15, 0.2) is 5.17 Å². The van der Waals surface area contributed by atoms with E-state index in [0.717, 1.165) is 39.6 Å². The quantitative estimate of drug-likeness (QED) is 0.201. The van der Waals surface area contributed by atoms with Crippen LogP contribution >= 0.6 is 23.1 Å². The molecule has 42 heavy (non-hydrogen) atoms. The molecular formula is C31H25N5O4S2. The van der Waals surface area contributed by atoms with Gasteiger partial charge in [0, 0.05) is 38.0 Å². The highest BCUT2D eigenvalue weighted by atomic mass is 32.2. The van der Waals surface area contributed by atoms with E-state index in [-0.39, 0.29) is 19.1 Å². The molecule has 2 amide bonds. The highest BCUT2D eigenvalue weighted by Gasteiger charge is 2.43. The molecule has 1 aromatic heterocycles. The monoisotopic (exact) mass is 595 g/mol. The van der Waals surface area contributed by atoms with Gasteiger partial charge in [-0.25, -0.2) is 9.79 Å². The third-order valence-electron chi connectivity index (χ3n) is 7.51. The zero-order chi connectivity index (χ0) is 28.8. The van der Waals surface area contributed by atoms with E-state index in [1.807, 2.05) is 42.5 Å². The number of fused-ring (bicyclic) bond motifs is 4. The fourth-order valence-corrected chi connectivity index (χ4v) is 7.72. The van der Waals surface area contributed by atoms with Gasteiger partial charge < -0.3 is 9.64 Å². The van der Waals surface area contributed by atoms with Gasteiger partial charge in [-0.1, -0.05) is 71.6 Å². The van der Waals surface area contributed by atoms with Crippen molar-refractivity contribution in [3.63, 3.8) is 0 Å². The number of nitrogens with zero attached hydrogens (tertiary/aromatic N) is 5. The van der Waals surface area contributed by atoms with Crippen molar-refractivity contribution in [3.05, 3.63) is 89.5 Å². The molecule has 4 aromatic rings. The Hall–Kier alpha value is -4.35. The Kier molecular flexibility index (Phi) is 6.83. The average Bonchev–Trinajstić information content (AvgIpc) is 3.73. The Morgan fingerprint density at radius 1 is 1.00 bits per heavy atom. The van der Waals surface area contributed by atoms with Gasteiger partial charge in [0.1, 0.15) is 0 Å². The standard InChI is InChI=1S/C31H25N5O4S2/c1-2-40-30(39)27-29(38)36(34-33-27)25(37)17-22-26(19-12-13-24-21(16-19)20-10-6-7-11-23(20)42-24)32-31-35(14-15-41-31)28(22)18-8-4-3-5-9-18/h3-13,16,27-28H,2,14-15,17H2,1H3. The van der Waals surface area contributed by atoms with E-state index in [0.29, 0.717) is 10.7 Å². The summed E-state index contributed by atoms with van der Waals surface area (Å²) in [5.74, 6) is -1.32. The zero-order valence-corrected chi connectivity index (χ0v) is 24.2. The van der Waals surface area contributed by atoms with Gasteiger partial charge in [0.05, 0.1) is 24.8 Å². The highest BCUT2D eigenvalue weighted by Crippen LogP contribution is 2.45. The summed E-state index contributed by atoms with van der Waals surface area (Å²) in [5, 5.41) is 11.4. The fourth-order valence-electron chi connectivity index (χ4n) is 5.65. The molecule has 0 radical (unpaired) electrons. The smallest absolute Gasteiger partial charge is 0.342 e. The van der Waals surface area contributed by atoms with Crippen LogP contribution in [0, 0.1) is 0 Å². The van der Waals surface area contributed by atoms with E-state index in [4.69, 9.17) is 9.73 Å². The Morgan fingerprint density at radius 3 is 2.62 bits per heavy atom. The first-order valence-corrected chi connectivity index (χ1v) is 15.5. The SMILES string of the molecule is CCOC(=O)C1N=NN(C(=O)CC2=C(c3ccc4sc5ccccc5c4c3)N=C3SCCN3C2c2ccccc2)C1=O. The van der Waals surface area contributed by atoms with Gasteiger partial charge in [-0.3, -0.25) is 9.59 Å². The van der Waals surface area contributed by atoms with Crippen LogP contribution in [0.25, 0.3) is 25.9 Å². The van der Waals surface area contributed by atoms with E-state index in [1.165, 1.54) is 14.8 Å². The predicted molar refractivity (Wildman–Crippen MR) is 164 cm³/mol. The van der Waals surface area contributed by atoms with Crippen LogP contribution in [0.3, 0.4) is 0 Å². The summed E-state index contributed by atoms with van der Waals surface area (Å²) in [6.07, 6.45) is -0.129. The second kappa shape index (κ2) is 10.8. The molecule has 3 aromatic carbocycles. The number of hydrogen-bond donors (Lipinski definition) is 0. The van der Waals surface area contributed by atoms with Crippen LogP contribution in [0.15, 0.2) is 93.7 Å². The summed E-state index contributed by atoms with van der Waals surface area (Å²) >= 11 is 3.44. The lowest BCUT2D eigenvalue weighted by molar-refractivity contribution is -0.151. The third kappa shape index (κ3) is 4.49. The van der Waals surface area contributed by atoms with Gasteiger partial charge in [0.2, 0.25) is 6.04 Å². The van der Waals surface area contributed by atoms with Crippen LogP contribution in [-0.2, 0) is 19.1 Å². The van der Waals surface area contributed by atoms with Crippen LogP contribution in [0.4, 0.5) is 0 Å². The van der Waals surface area contributed by atoms with Crippen molar-refractivity contribution >= 4 is 71.9 Å². The number of benzene rings is 3. The molecule has 3 aliphatic heterocycles. The molecule has 0 spiro atoms. The lowest BCUT2D eigenvalue weighted by Crippen LogP contribution is -2.40. The second-order valence-corrected chi connectivity index (χ2v) is 12.2. The molecule has 3 aliphatic rings. The maximum atomic E-state index is 13.7. The van der Waals surface area contributed by atoms with Crippen LogP contribution in [0.5, 0.6) is 0 Å². The lowest BCUT2D eigenvalue weighted by atomic mass is 9.89. The van der Waals surface area contributed by atoms with E-state index in [9.17, 15) is 14.4 Å². The first-order valence-electron chi connectivity index (χ1n) is 13.7. The number of imide groups is 1. The number of thiophene rings is 1. The summed E-state index contributed by atoms with van der Waals surface area (Å²) in [4.78, 5) is 46.3. The van der Waals surface area contributed by atoms with Crippen LogP contribution in [0.1, 0.15) is 30.5 Å². The molecule has 0 aliphatic carbocycles. The number of amides is 2. The largest absolute Gasteiger partial charge is 0.464 e. The van der Waals surface area contributed by atoms with Gasteiger partial charge in [-0.05, 0) is 36.3 Å². The van der Waals surface area contributed by atoms with Gasteiger partial charge in [-0.2, -0.15) is 0 Å². The van der Waals surface area contributed by atoms with Crippen LogP contribution in [0.2, 0.25) is 0 Å². The zero-order valence-electron chi connectivity index (χ0n) is 22.6. The number of rotatable bonds is 6. The fraction of sp³-hybridized carbons (Fsp3) is 0.226. The second-order valence-electron chi connectivity index (χ2n) is 10.0. The predicted octanol–water partition coefficient (Wildman–Crippen LogP) is 5.98. The van der Waals surface area contributed by atoms with Crippen molar-refractivity contribution in [3.8, 4) is 0 Å². The lowest BCUT2D eigenvalue weighted by Gasteiger charge is -2.36. The number of amidine groups is 1. The Morgan fingerprint density at radius 2 is 1.79 bits per heavy atom. The maximum Gasteiger partial charge on any atom is 0.342 e. The van der Waals surface area contributed by atoms with E-state index < -0.39 is 23.8 Å². The molecule has 210 valence electrons. The molecule has 1 saturated heterocycles. The molecule has 2 atom stereocenters. The molecule has 0 N–H and O–H groups in total. The van der Waals surface area contributed by atoms with Crippen molar-refractivity contribution < 1.29 is 19.1 Å². The minimum Gasteiger partial charge on any atom is -0.464 e. The number of carbonyl (C=O) groups is 3. The topological polar surface area (TPSA) is 104 Å². The molecule has 11 heteroatoms. The number of ether oxygens (including phenoxy) is 1. The average molecular weight is 596 g/mol. The molecular weight excluding hydrogens is 571 g/mol. The molecule has 2 unspecified atom stereocenters. The maximum absolute atomic E-state index is 13.7. The van der Waals surface area contributed by atoms with Crippen LogP contribution in [-0.4, -0.2) is 57.8 Å². The summed E-state index contributed by atoms with van der Waals surface area (Å²) in [7, 11) is 0. The number of carbonyl (C=O) groups excluding carboxylic acids is 3. The van der Waals surface area contributed by atoms with E-state index in [2.05, 4.69) is 45.6 Å². The molecule has 1 fully saturated rings. The van der Waals surface area contributed by atoms with Gasteiger partial charge in [-0.15, -0.1) is 21.5 Å². The number of esters is 1. The van der Waals surface area contributed by atoms with Gasteiger partial charge in [0.25, 0.3) is 11.8 Å². The summed E-state index contributed by atoms with van der Waals surface area (Å²) in [6.45, 7) is 2.51. The first kappa shape index (κ1) is 26.5. The number of hydrogen-bond acceptors (Lipinski definition) is 10. The third-order valence-corrected chi connectivity index (χ3v) is 9.64. The Labute approximate surface area is 249 Å². The minimum atomic E-state index is -1.47. The Bertz CT molecular complexity index is 1850. The summed E-state index contributed by atoms with van der Waals surface area (Å²) in [5.41, 5.74) is 3.39. The number of aliphatic imine (C=N–C) groups is 1. The highest BCUT2D eigenvalue weighted by molar-refractivity contribution is 8.14. The Balaban J connectivity index is 1.35. The van der Waals surface area contributed by atoms with Crippen molar-refractivity contribution in [2.45, 2.75) is 25.4 Å². The van der Waals surface area contributed by atoms with Crippen LogP contribution < -0.4 is 0 Å². The van der Waals surface area contributed by atoms with Crippen molar-refractivity contribution in [1.29, 1.82) is 0 Å². The van der Waals surface area contributed by atoms with Crippen molar-refractivity contribution in [2.75, 3.05) is 18.9 Å².